The molecule has 0 saturated carbocycles. The number of hydrogen-bond acceptors (Lipinski definition) is 0. The molecule has 0 nitrogen and oxygen atoms in total. The van der Waals surface area contributed by atoms with Crippen LogP contribution in [0.5, 0.6) is 0 Å². The Morgan fingerprint density at radius 1 is 1.20 bits per heavy atom. The van der Waals surface area contributed by atoms with E-state index in [1.165, 1.54) is 9.43 Å². The van der Waals surface area contributed by atoms with Crippen molar-refractivity contribution in [2.45, 2.75) is 6.92 Å². The van der Waals surface area contributed by atoms with Crippen molar-refractivity contribution in [2.75, 3.05) is 0 Å². The van der Waals surface area contributed by atoms with E-state index in [0.29, 0.717) is 0 Å². The maximum atomic E-state index is 2.17. The summed E-state index contributed by atoms with van der Waals surface area (Å²) in [6, 6.07) is 8.45. The maximum absolute atomic E-state index is 2.17. The van der Waals surface area contributed by atoms with Crippen molar-refractivity contribution < 1.29 is 20.4 Å². The number of aryl methyl sites for hydroxylation is 1. The maximum Gasteiger partial charge on any atom is -0.147 e. The van der Waals surface area contributed by atoms with Gasteiger partial charge in [0.2, 0.25) is 0 Å². The fraction of sp³-hybridized carbons (Fsp3) is 0.143. The SMILES string of the molecule is Cc1ccc[c]([Ti])c1.Cl.Cl. The van der Waals surface area contributed by atoms with Crippen LogP contribution >= 0.6 is 24.8 Å². The van der Waals surface area contributed by atoms with E-state index in [2.05, 4.69) is 51.6 Å². The van der Waals surface area contributed by atoms with E-state index >= 15 is 0 Å². The molecule has 0 amide bonds. The van der Waals surface area contributed by atoms with Gasteiger partial charge in [-0.2, -0.15) is 0 Å². The first-order chi connectivity index (χ1) is 3.79. The molecule has 0 fully saturated rings. The predicted molar refractivity (Wildman–Crippen MR) is 45.3 cm³/mol. The van der Waals surface area contributed by atoms with E-state index in [9.17, 15) is 0 Å². The molecule has 0 bridgehead atoms. The topological polar surface area (TPSA) is 0 Å². The molecule has 0 heterocycles. The third-order valence-electron chi connectivity index (χ3n) is 1.02. The zero-order valence-corrected chi connectivity index (χ0v) is 8.82. The van der Waals surface area contributed by atoms with E-state index in [4.69, 9.17) is 0 Å². The van der Waals surface area contributed by atoms with Crippen LogP contribution in [0.15, 0.2) is 24.3 Å². The summed E-state index contributed by atoms with van der Waals surface area (Å²) in [4.78, 5) is 0. The summed E-state index contributed by atoms with van der Waals surface area (Å²) in [7, 11) is 0. The molecule has 1 aromatic rings. The second kappa shape index (κ2) is 6.24. The zero-order valence-electron chi connectivity index (χ0n) is 5.63. The molecule has 0 aliphatic heterocycles. The van der Waals surface area contributed by atoms with Crippen LogP contribution in [0.3, 0.4) is 0 Å². The van der Waals surface area contributed by atoms with Crippen LogP contribution in [0.1, 0.15) is 5.56 Å². The Balaban J connectivity index is 0. The molecule has 0 N–H and O–H groups in total. The normalized spacial score (nSPS) is 7.20. The van der Waals surface area contributed by atoms with E-state index in [1.807, 2.05) is 0 Å². The summed E-state index contributed by atoms with van der Waals surface area (Å²) in [6.45, 7) is 2.10. The standard InChI is InChI=1S/C7H7.2ClH.Ti/c1-7-5-3-2-4-6-7;;;/h2-3,5-6H,1H3;2*1H;. The van der Waals surface area contributed by atoms with Gasteiger partial charge in [-0.15, -0.1) is 24.8 Å². The Kier molecular flexibility index (Phi) is 8.19. The van der Waals surface area contributed by atoms with Crippen molar-refractivity contribution in [3.05, 3.63) is 29.8 Å². The van der Waals surface area contributed by atoms with Gasteiger partial charge < -0.3 is 0 Å². The molecule has 10 heavy (non-hydrogen) atoms. The minimum Gasteiger partial charge on any atom is -0.147 e. The third-order valence-corrected chi connectivity index (χ3v) is 1.50. The van der Waals surface area contributed by atoms with E-state index in [-0.39, 0.29) is 24.8 Å². The van der Waals surface area contributed by atoms with Gasteiger partial charge in [-0.05, 0) is 0 Å². The van der Waals surface area contributed by atoms with E-state index in [1.54, 1.807) is 0 Å². The number of halogens is 2. The zero-order chi connectivity index (χ0) is 5.98. The number of hydrogen-bond donors (Lipinski definition) is 0. The first kappa shape index (κ1) is 13.1. The Morgan fingerprint density at radius 3 is 2.10 bits per heavy atom. The summed E-state index contributed by atoms with van der Waals surface area (Å²) in [6.07, 6.45) is 0. The number of rotatable bonds is 0. The summed E-state index contributed by atoms with van der Waals surface area (Å²) in [5.41, 5.74) is 1.34. The molecule has 3 heteroatoms. The molecule has 0 spiro atoms. The third kappa shape index (κ3) is 4.35. The first-order valence-corrected chi connectivity index (χ1v) is 3.35. The van der Waals surface area contributed by atoms with Gasteiger partial charge in [0.1, 0.15) is 0 Å². The molecule has 0 aromatic heterocycles. The Morgan fingerprint density at radius 2 is 1.80 bits per heavy atom. The van der Waals surface area contributed by atoms with Crippen LogP contribution in [0, 0.1) is 6.92 Å². The average molecular weight is 212 g/mol. The van der Waals surface area contributed by atoms with Gasteiger partial charge in [0.25, 0.3) is 0 Å². The van der Waals surface area contributed by atoms with Gasteiger partial charge in [-0.25, -0.2) is 0 Å². The molecule has 0 atom stereocenters. The molecule has 55 valence electrons. The Bertz CT molecular complexity index is 171. The van der Waals surface area contributed by atoms with E-state index < -0.39 is 0 Å². The predicted octanol–water partition coefficient (Wildman–Crippen LogP) is 2.01. The molecule has 0 unspecified atom stereocenters. The van der Waals surface area contributed by atoms with E-state index in [0.717, 1.165) is 0 Å². The van der Waals surface area contributed by atoms with Gasteiger partial charge in [-0.3, -0.25) is 0 Å². The smallest absolute Gasteiger partial charge is 0.147 e. The van der Waals surface area contributed by atoms with Crippen molar-refractivity contribution in [1.29, 1.82) is 0 Å². The average Bonchev–Trinajstić information content (AvgIpc) is 1.64. The molecule has 0 saturated heterocycles. The van der Waals surface area contributed by atoms with Crippen molar-refractivity contribution >= 4 is 28.7 Å². The quantitative estimate of drug-likeness (QED) is 0.577. The van der Waals surface area contributed by atoms with Crippen molar-refractivity contribution in [1.82, 2.24) is 0 Å². The summed E-state index contributed by atoms with van der Waals surface area (Å²) in [5, 5.41) is 0. The fourth-order valence-electron chi connectivity index (χ4n) is 0.645. The minimum atomic E-state index is 0. The van der Waals surface area contributed by atoms with Gasteiger partial charge in [0, 0.05) is 0 Å². The van der Waals surface area contributed by atoms with Gasteiger partial charge in [0.15, 0.2) is 0 Å². The van der Waals surface area contributed by atoms with Crippen LogP contribution < -0.4 is 3.87 Å². The minimum absolute atomic E-state index is 0. The summed E-state index contributed by atoms with van der Waals surface area (Å²) < 4.78 is 1.34. The van der Waals surface area contributed by atoms with Crippen LogP contribution in [0.25, 0.3) is 0 Å². The molecular weight excluding hydrogens is 203 g/mol. The molecule has 0 aliphatic carbocycles. The second-order valence-corrected chi connectivity index (χ2v) is 2.77. The van der Waals surface area contributed by atoms with Gasteiger partial charge >= 0.3 is 61.1 Å². The Hall–Kier alpha value is 0.514. The van der Waals surface area contributed by atoms with Gasteiger partial charge in [-0.1, -0.05) is 0 Å². The van der Waals surface area contributed by atoms with Gasteiger partial charge in [0.05, 0.1) is 0 Å². The first-order valence-electron chi connectivity index (χ1n) is 2.57. The molecule has 0 radical (unpaired) electrons. The number of benzene rings is 1. The summed E-state index contributed by atoms with van der Waals surface area (Å²) >= 11 is 2.10. The van der Waals surface area contributed by atoms with Crippen molar-refractivity contribution in [2.24, 2.45) is 0 Å². The summed E-state index contributed by atoms with van der Waals surface area (Å²) in [5.74, 6) is 0. The molecular formula is C7H9Cl2Ti. The van der Waals surface area contributed by atoms with Crippen LogP contribution in [0.2, 0.25) is 0 Å². The van der Waals surface area contributed by atoms with Crippen LogP contribution in [-0.4, -0.2) is 0 Å². The largest absolute Gasteiger partial charge is 0.147 e. The van der Waals surface area contributed by atoms with Crippen LogP contribution in [-0.2, 0) is 20.4 Å². The second-order valence-electron chi connectivity index (χ2n) is 1.87. The van der Waals surface area contributed by atoms with Crippen molar-refractivity contribution in [3.63, 3.8) is 0 Å². The monoisotopic (exact) mass is 211 g/mol. The Labute approximate surface area is 85.6 Å². The van der Waals surface area contributed by atoms with Crippen LogP contribution in [0.4, 0.5) is 0 Å². The molecule has 1 aromatic carbocycles. The fourth-order valence-corrected chi connectivity index (χ4v) is 1.15. The molecule has 0 aliphatic rings. The molecule has 1 rings (SSSR count). The van der Waals surface area contributed by atoms with Crippen molar-refractivity contribution in [3.8, 4) is 0 Å².